The van der Waals surface area contributed by atoms with Crippen molar-refractivity contribution in [3.05, 3.63) is 51.5 Å². The van der Waals surface area contributed by atoms with E-state index in [0.29, 0.717) is 22.8 Å². The summed E-state index contributed by atoms with van der Waals surface area (Å²) in [4.78, 5) is 12.5. The van der Waals surface area contributed by atoms with Crippen molar-refractivity contribution in [2.75, 3.05) is 5.32 Å². The van der Waals surface area contributed by atoms with Crippen molar-refractivity contribution in [2.45, 2.75) is 33.3 Å². The van der Waals surface area contributed by atoms with E-state index >= 15 is 0 Å². The number of halogens is 2. The van der Waals surface area contributed by atoms with Gasteiger partial charge in [0.1, 0.15) is 5.75 Å². The molecule has 0 spiro atoms. The van der Waals surface area contributed by atoms with Gasteiger partial charge in [-0.3, -0.25) is 4.79 Å². The molecule has 2 aromatic carbocycles. The monoisotopic (exact) mass is 367 g/mol. The van der Waals surface area contributed by atoms with Gasteiger partial charge in [0.05, 0.1) is 10.7 Å². The average molecular weight is 368 g/mol. The Morgan fingerprint density at radius 3 is 2.62 bits per heavy atom. The number of phenols is 1. The van der Waals surface area contributed by atoms with Crippen LogP contribution in [-0.2, 0) is 4.79 Å². The smallest absolute Gasteiger partial charge is 0.265 e. The molecule has 0 heterocycles. The van der Waals surface area contributed by atoms with Gasteiger partial charge in [-0.1, -0.05) is 42.3 Å². The van der Waals surface area contributed by atoms with Gasteiger partial charge in [0.2, 0.25) is 0 Å². The minimum absolute atomic E-state index is 0.116. The van der Waals surface area contributed by atoms with Crippen LogP contribution in [0.25, 0.3) is 0 Å². The van der Waals surface area contributed by atoms with E-state index in [1.807, 2.05) is 32.0 Å². The van der Waals surface area contributed by atoms with E-state index in [9.17, 15) is 9.90 Å². The second-order valence-electron chi connectivity index (χ2n) is 5.51. The predicted octanol–water partition coefficient (Wildman–Crippen LogP) is 5.11. The first-order chi connectivity index (χ1) is 11.3. The largest absolute Gasteiger partial charge is 0.504 e. The molecule has 6 heteroatoms. The molecule has 128 valence electrons. The molecule has 1 unspecified atom stereocenters. The Hall–Kier alpha value is -1.91. The summed E-state index contributed by atoms with van der Waals surface area (Å²) in [5.41, 5.74) is 1.75. The normalized spacial score (nSPS) is 11.9. The number of amides is 1. The van der Waals surface area contributed by atoms with Gasteiger partial charge in [-0.05, 0) is 49.6 Å². The van der Waals surface area contributed by atoms with Crippen molar-refractivity contribution in [3.8, 4) is 11.5 Å². The van der Waals surface area contributed by atoms with Crippen molar-refractivity contribution >= 4 is 34.8 Å². The number of benzene rings is 2. The molecule has 4 nitrogen and oxygen atoms in total. The fourth-order valence-corrected chi connectivity index (χ4v) is 2.64. The lowest BCUT2D eigenvalue weighted by atomic mass is 10.2. The fraction of sp³-hybridized carbons (Fsp3) is 0.278. The first-order valence-electron chi connectivity index (χ1n) is 7.55. The van der Waals surface area contributed by atoms with Crippen molar-refractivity contribution in [2.24, 2.45) is 0 Å². The topological polar surface area (TPSA) is 58.6 Å². The van der Waals surface area contributed by atoms with Gasteiger partial charge in [-0.2, -0.15) is 0 Å². The molecule has 0 aliphatic rings. The van der Waals surface area contributed by atoms with Crippen molar-refractivity contribution < 1.29 is 14.6 Å². The van der Waals surface area contributed by atoms with Crippen molar-refractivity contribution in [1.82, 2.24) is 0 Å². The van der Waals surface area contributed by atoms with E-state index in [1.165, 1.54) is 6.07 Å². The molecule has 24 heavy (non-hydrogen) atoms. The molecule has 0 aliphatic heterocycles. The number of carbonyl (C=O) groups is 1. The van der Waals surface area contributed by atoms with Gasteiger partial charge in [-0.15, -0.1) is 0 Å². The molecular formula is C18H19Cl2NO3. The van der Waals surface area contributed by atoms with Crippen LogP contribution >= 0.6 is 23.2 Å². The first kappa shape index (κ1) is 18.4. The first-order valence-corrected chi connectivity index (χ1v) is 8.30. The molecule has 0 aromatic heterocycles. The molecular weight excluding hydrogens is 349 g/mol. The Labute approximate surface area is 151 Å². The van der Waals surface area contributed by atoms with Crippen LogP contribution in [0.2, 0.25) is 10.0 Å². The molecule has 2 rings (SSSR count). The summed E-state index contributed by atoms with van der Waals surface area (Å²) >= 11 is 12.1. The summed E-state index contributed by atoms with van der Waals surface area (Å²) in [5.74, 6) is 0.0174. The number of aromatic hydroxyl groups is 1. The van der Waals surface area contributed by atoms with Crippen LogP contribution < -0.4 is 10.1 Å². The lowest BCUT2D eigenvalue weighted by molar-refractivity contribution is -0.122. The third-order valence-corrected chi connectivity index (χ3v) is 4.47. The molecule has 1 amide bonds. The Kier molecular flexibility index (Phi) is 5.97. The maximum Gasteiger partial charge on any atom is 0.265 e. The standard InChI is InChI=1S/C18H19Cl2NO3/c1-4-15(24-12-7-5-6-10(2)8-12)18(23)21-14-9-13(19)11(3)16(20)17(14)22/h5-9,15,22H,4H2,1-3H3,(H,21,23). The van der Waals surface area contributed by atoms with Crippen LogP contribution in [0.3, 0.4) is 0 Å². The zero-order valence-electron chi connectivity index (χ0n) is 13.7. The number of anilines is 1. The summed E-state index contributed by atoms with van der Waals surface area (Å²) in [5, 5.41) is 13.2. The lowest BCUT2D eigenvalue weighted by Crippen LogP contribution is -2.32. The predicted molar refractivity (Wildman–Crippen MR) is 97.4 cm³/mol. The van der Waals surface area contributed by atoms with Gasteiger partial charge >= 0.3 is 0 Å². The number of hydrogen-bond acceptors (Lipinski definition) is 3. The van der Waals surface area contributed by atoms with Crippen LogP contribution in [0.4, 0.5) is 5.69 Å². The van der Waals surface area contributed by atoms with Crippen LogP contribution in [0.1, 0.15) is 24.5 Å². The zero-order chi connectivity index (χ0) is 17.9. The highest BCUT2D eigenvalue weighted by molar-refractivity contribution is 6.37. The summed E-state index contributed by atoms with van der Waals surface area (Å²) in [6.07, 6.45) is -0.238. The Balaban J connectivity index is 2.18. The highest BCUT2D eigenvalue weighted by Gasteiger charge is 2.21. The van der Waals surface area contributed by atoms with E-state index in [-0.39, 0.29) is 22.4 Å². The van der Waals surface area contributed by atoms with Gasteiger partial charge in [0.15, 0.2) is 11.9 Å². The van der Waals surface area contributed by atoms with E-state index in [2.05, 4.69) is 5.32 Å². The second kappa shape index (κ2) is 7.77. The van der Waals surface area contributed by atoms with Crippen molar-refractivity contribution in [3.63, 3.8) is 0 Å². The third-order valence-electron chi connectivity index (χ3n) is 3.61. The summed E-state index contributed by atoms with van der Waals surface area (Å²) < 4.78 is 5.74. The van der Waals surface area contributed by atoms with E-state index < -0.39 is 6.10 Å². The molecule has 0 saturated carbocycles. The average Bonchev–Trinajstić information content (AvgIpc) is 2.55. The van der Waals surface area contributed by atoms with Crippen LogP contribution in [0.15, 0.2) is 30.3 Å². The van der Waals surface area contributed by atoms with E-state index in [1.54, 1.807) is 13.0 Å². The van der Waals surface area contributed by atoms with E-state index in [0.717, 1.165) is 5.56 Å². The number of phenolic OH excluding ortho intramolecular Hbond substituents is 1. The molecule has 0 bridgehead atoms. The van der Waals surface area contributed by atoms with Gasteiger partial charge in [0, 0.05) is 5.02 Å². The minimum Gasteiger partial charge on any atom is -0.504 e. The SMILES string of the molecule is CCC(Oc1cccc(C)c1)C(=O)Nc1cc(Cl)c(C)c(Cl)c1O. The van der Waals surface area contributed by atoms with Crippen LogP contribution in [0.5, 0.6) is 11.5 Å². The van der Waals surface area contributed by atoms with Gasteiger partial charge in [0.25, 0.3) is 5.91 Å². The number of hydrogen-bond donors (Lipinski definition) is 2. The number of aryl methyl sites for hydroxylation is 1. The zero-order valence-corrected chi connectivity index (χ0v) is 15.2. The second-order valence-corrected chi connectivity index (χ2v) is 6.30. The number of rotatable bonds is 5. The van der Waals surface area contributed by atoms with Crippen molar-refractivity contribution in [1.29, 1.82) is 0 Å². The molecule has 0 saturated heterocycles. The highest BCUT2D eigenvalue weighted by Crippen LogP contribution is 2.38. The maximum absolute atomic E-state index is 12.5. The molecule has 1 atom stereocenters. The van der Waals surface area contributed by atoms with E-state index in [4.69, 9.17) is 27.9 Å². The molecule has 0 aliphatic carbocycles. The molecule has 2 aromatic rings. The lowest BCUT2D eigenvalue weighted by Gasteiger charge is -2.18. The number of nitrogens with one attached hydrogen (secondary N) is 1. The van der Waals surface area contributed by atoms with Crippen LogP contribution in [-0.4, -0.2) is 17.1 Å². The fourth-order valence-electron chi connectivity index (χ4n) is 2.19. The summed E-state index contributed by atoms with van der Waals surface area (Å²) in [6.45, 7) is 5.48. The summed E-state index contributed by atoms with van der Waals surface area (Å²) in [7, 11) is 0. The highest BCUT2D eigenvalue weighted by atomic mass is 35.5. The Bertz CT molecular complexity index is 762. The number of ether oxygens (including phenoxy) is 1. The third kappa shape index (κ3) is 4.13. The van der Waals surface area contributed by atoms with Gasteiger partial charge < -0.3 is 15.2 Å². The molecule has 2 N–H and O–H groups in total. The number of carbonyl (C=O) groups excluding carboxylic acids is 1. The van der Waals surface area contributed by atoms with Gasteiger partial charge in [-0.25, -0.2) is 0 Å². The Morgan fingerprint density at radius 2 is 2.00 bits per heavy atom. The maximum atomic E-state index is 12.5. The molecule has 0 fully saturated rings. The summed E-state index contributed by atoms with van der Waals surface area (Å²) in [6, 6.07) is 8.92. The molecule has 0 radical (unpaired) electrons. The Morgan fingerprint density at radius 1 is 1.29 bits per heavy atom. The quantitative estimate of drug-likeness (QED) is 0.721. The minimum atomic E-state index is -0.704. The van der Waals surface area contributed by atoms with Crippen LogP contribution in [0, 0.1) is 13.8 Å².